The second-order valence-electron chi connectivity index (χ2n) is 7.45. The molecule has 7 heteroatoms. The van der Waals surface area contributed by atoms with Gasteiger partial charge < -0.3 is 14.8 Å². The van der Waals surface area contributed by atoms with Gasteiger partial charge in [0.2, 0.25) is 0 Å². The first kappa shape index (κ1) is 20.9. The van der Waals surface area contributed by atoms with Gasteiger partial charge in [0.15, 0.2) is 0 Å². The van der Waals surface area contributed by atoms with Crippen molar-refractivity contribution < 1.29 is 14.3 Å². The molecule has 158 valence electrons. The van der Waals surface area contributed by atoms with E-state index in [1.165, 1.54) is 11.8 Å². The van der Waals surface area contributed by atoms with Gasteiger partial charge in [-0.2, -0.15) is 0 Å². The van der Waals surface area contributed by atoms with Crippen LogP contribution >= 0.6 is 23.2 Å². The summed E-state index contributed by atoms with van der Waals surface area (Å²) in [5.41, 5.74) is 3.29. The molecule has 0 spiro atoms. The number of hydrogen-bond acceptors (Lipinski definition) is 4. The van der Waals surface area contributed by atoms with E-state index in [-0.39, 0.29) is 18.0 Å². The van der Waals surface area contributed by atoms with Crippen LogP contribution < -0.4 is 10.1 Å². The molecule has 2 aliphatic rings. The fourth-order valence-corrected chi connectivity index (χ4v) is 4.72. The summed E-state index contributed by atoms with van der Waals surface area (Å²) in [7, 11) is 0. The second kappa shape index (κ2) is 9.19. The Kier molecular flexibility index (Phi) is 6.40. The fourth-order valence-electron chi connectivity index (χ4n) is 4.43. The molecule has 1 saturated heterocycles. The number of amides is 1. The predicted octanol–water partition coefficient (Wildman–Crippen LogP) is 5.95. The highest BCUT2D eigenvalue weighted by atomic mass is 35.5. The largest absolute Gasteiger partial charge is 0.494 e. The number of carbonyl (C=O) groups excluding carboxylic acids is 1. The van der Waals surface area contributed by atoms with Gasteiger partial charge >= 0.3 is 6.09 Å². The maximum absolute atomic E-state index is 12.7. The normalized spacial score (nSPS) is 21.9. The highest BCUT2D eigenvalue weighted by molar-refractivity contribution is 6.30. The van der Waals surface area contributed by atoms with Gasteiger partial charge in [-0.15, -0.1) is 11.6 Å². The first-order valence-electron chi connectivity index (χ1n) is 10.0. The molecule has 2 heterocycles. The molecule has 1 fully saturated rings. The molecule has 0 aliphatic carbocycles. The van der Waals surface area contributed by atoms with Crippen LogP contribution in [0.4, 0.5) is 10.5 Å². The van der Waals surface area contributed by atoms with Gasteiger partial charge in [-0.3, -0.25) is 4.90 Å². The Morgan fingerprint density at radius 1 is 1.27 bits per heavy atom. The number of fused-ring (bicyclic) bond motifs is 3. The Bertz CT molecular complexity index is 919. The molecule has 3 atom stereocenters. The SMILES string of the molecule is C=COC(=O)N1CCC2c3cc(Cl)ccc3NC2C1c1ccc(OCCCCl)cc1. The molecule has 2 aliphatic heterocycles. The number of nitrogens with one attached hydrogen (secondary N) is 1. The molecular formula is C23H24Cl2N2O3. The van der Waals surface area contributed by atoms with Crippen LogP contribution in [0.2, 0.25) is 5.02 Å². The van der Waals surface area contributed by atoms with Crippen LogP contribution in [0.1, 0.15) is 35.9 Å². The molecule has 1 amide bonds. The predicted molar refractivity (Wildman–Crippen MR) is 120 cm³/mol. The average molecular weight is 447 g/mol. The van der Waals surface area contributed by atoms with Crippen molar-refractivity contribution in [2.45, 2.75) is 30.8 Å². The smallest absolute Gasteiger partial charge is 0.415 e. The van der Waals surface area contributed by atoms with Crippen LogP contribution in [0, 0.1) is 0 Å². The second-order valence-corrected chi connectivity index (χ2v) is 8.26. The van der Waals surface area contributed by atoms with Gasteiger partial charge in [-0.25, -0.2) is 4.79 Å². The molecule has 3 unspecified atom stereocenters. The van der Waals surface area contributed by atoms with Crippen molar-refractivity contribution in [3.63, 3.8) is 0 Å². The van der Waals surface area contributed by atoms with Gasteiger partial charge in [0.25, 0.3) is 0 Å². The van der Waals surface area contributed by atoms with Crippen molar-refractivity contribution >= 4 is 35.0 Å². The molecule has 2 aromatic carbocycles. The molecule has 4 rings (SSSR count). The number of rotatable bonds is 6. The summed E-state index contributed by atoms with van der Waals surface area (Å²) in [6, 6.07) is 13.6. The zero-order valence-corrected chi connectivity index (χ0v) is 18.0. The van der Waals surface area contributed by atoms with Crippen LogP contribution in [0.5, 0.6) is 5.75 Å². The molecule has 0 aromatic heterocycles. The number of anilines is 1. The summed E-state index contributed by atoms with van der Waals surface area (Å²) in [4.78, 5) is 14.5. The third-order valence-corrected chi connectivity index (χ3v) is 6.22. The Labute approximate surface area is 186 Å². The van der Waals surface area contributed by atoms with Crippen molar-refractivity contribution in [3.05, 3.63) is 71.5 Å². The molecule has 5 nitrogen and oxygen atoms in total. The summed E-state index contributed by atoms with van der Waals surface area (Å²) in [6.07, 6.45) is 2.40. The molecule has 0 saturated carbocycles. The van der Waals surface area contributed by atoms with Crippen LogP contribution in [-0.4, -0.2) is 36.1 Å². The van der Waals surface area contributed by atoms with E-state index in [1.807, 2.05) is 42.5 Å². The number of alkyl halides is 1. The highest BCUT2D eigenvalue weighted by Crippen LogP contribution is 2.48. The van der Waals surface area contributed by atoms with E-state index in [1.54, 1.807) is 4.90 Å². The van der Waals surface area contributed by atoms with Crippen molar-refractivity contribution in [3.8, 4) is 5.75 Å². The number of piperidine rings is 1. The topological polar surface area (TPSA) is 50.8 Å². The summed E-state index contributed by atoms with van der Waals surface area (Å²) < 4.78 is 10.9. The number of halogens is 2. The van der Waals surface area contributed by atoms with Gasteiger partial charge in [-0.05, 0) is 54.3 Å². The lowest BCUT2D eigenvalue weighted by Crippen LogP contribution is -2.49. The van der Waals surface area contributed by atoms with Crippen molar-refractivity contribution in [2.75, 3.05) is 24.3 Å². The van der Waals surface area contributed by atoms with E-state index >= 15 is 0 Å². The quantitative estimate of drug-likeness (QED) is 0.338. The van der Waals surface area contributed by atoms with E-state index in [4.69, 9.17) is 32.7 Å². The van der Waals surface area contributed by atoms with Crippen LogP contribution in [0.15, 0.2) is 55.3 Å². The molecule has 1 N–H and O–H groups in total. The first-order chi connectivity index (χ1) is 14.6. The Morgan fingerprint density at radius 2 is 2.07 bits per heavy atom. The summed E-state index contributed by atoms with van der Waals surface area (Å²) >= 11 is 12.0. The van der Waals surface area contributed by atoms with Gasteiger partial charge in [-0.1, -0.05) is 30.3 Å². The molecule has 0 bridgehead atoms. The minimum atomic E-state index is -0.397. The standard InChI is InChI=1S/C23H24Cl2N2O3/c1-2-29-23(28)27-12-10-18-19-14-16(25)6-9-20(19)26-21(18)22(27)15-4-7-17(8-5-15)30-13-3-11-24/h2,4-9,14,18,21-22,26H,1,3,10-13H2. The Hall–Kier alpha value is -2.37. The summed E-state index contributed by atoms with van der Waals surface area (Å²) in [5.74, 6) is 1.61. The zero-order chi connectivity index (χ0) is 21.1. The molecule has 0 radical (unpaired) electrons. The fraction of sp³-hybridized carbons (Fsp3) is 0.348. The molecule has 2 aromatic rings. The van der Waals surface area contributed by atoms with Gasteiger partial charge in [0.1, 0.15) is 5.75 Å². The third kappa shape index (κ3) is 4.09. The van der Waals surface area contributed by atoms with E-state index < -0.39 is 6.09 Å². The van der Waals surface area contributed by atoms with Crippen molar-refractivity contribution in [2.24, 2.45) is 0 Å². The molecule has 30 heavy (non-hydrogen) atoms. The number of hydrogen-bond donors (Lipinski definition) is 1. The highest BCUT2D eigenvalue weighted by Gasteiger charge is 2.46. The molecular weight excluding hydrogens is 423 g/mol. The minimum Gasteiger partial charge on any atom is -0.494 e. The lowest BCUT2D eigenvalue weighted by Gasteiger charge is -2.42. The summed E-state index contributed by atoms with van der Waals surface area (Å²) in [6.45, 7) is 4.68. The number of likely N-dealkylation sites (tertiary alicyclic amines) is 1. The van der Waals surface area contributed by atoms with Crippen LogP contribution in [0.3, 0.4) is 0 Å². The van der Waals surface area contributed by atoms with E-state index in [0.717, 1.165) is 34.9 Å². The Balaban J connectivity index is 1.63. The lowest BCUT2D eigenvalue weighted by molar-refractivity contribution is 0.0908. The number of carbonyl (C=O) groups is 1. The maximum atomic E-state index is 12.7. The van der Waals surface area contributed by atoms with E-state index in [9.17, 15) is 4.79 Å². The average Bonchev–Trinajstić information content (AvgIpc) is 3.12. The summed E-state index contributed by atoms with van der Waals surface area (Å²) in [5, 5.41) is 4.34. The number of benzene rings is 2. The monoisotopic (exact) mass is 446 g/mol. The first-order valence-corrected chi connectivity index (χ1v) is 11.0. The number of ether oxygens (including phenoxy) is 2. The van der Waals surface area contributed by atoms with Gasteiger partial charge in [0, 0.05) is 29.1 Å². The van der Waals surface area contributed by atoms with Crippen LogP contribution in [-0.2, 0) is 4.74 Å². The zero-order valence-electron chi connectivity index (χ0n) is 16.5. The van der Waals surface area contributed by atoms with Crippen molar-refractivity contribution in [1.29, 1.82) is 0 Å². The van der Waals surface area contributed by atoms with E-state index in [2.05, 4.69) is 11.9 Å². The third-order valence-electron chi connectivity index (χ3n) is 5.71. The Morgan fingerprint density at radius 3 is 2.80 bits per heavy atom. The lowest BCUT2D eigenvalue weighted by atomic mass is 9.81. The maximum Gasteiger partial charge on any atom is 0.415 e. The van der Waals surface area contributed by atoms with Gasteiger partial charge in [0.05, 0.1) is 25.0 Å². The number of nitrogens with zero attached hydrogens (tertiary/aromatic N) is 1. The van der Waals surface area contributed by atoms with Crippen LogP contribution in [0.25, 0.3) is 0 Å². The van der Waals surface area contributed by atoms with E-state index in [0.29, 0.717) is 19.0 Å². The minimum absolute atomic E-state index is 0.0209. The van der Waals surface area contributed by atoms with Crippen molar-refractivity contribution in [1.82, 2.24) is 4.90 Å².